The van der Waals surface area contributed by atoms with Gasteiger partial charge >= 0.3 is 0 Å². The van der Waals surface area contributed by atoms with Gasteiger partial charge in [-0.1, -0.05) is 56.0 Å². The fourth-order valence-electron chi connectivity index (χ4n) is 3.04. The first-order valence-electron chi connectivity index (χ1n) is 8.86. The molecular weight excluding hydrogens is 324 g/mol. The Hall–Kier alpha value is -2.94. The summed E-state index contributed by atoms with van der Waals surface area (Å²) in [5.41, 5.74) is 5.25. The van der Waals surface area contributed by atoms with Crippen LogP contribution in [0.4, 0.5) is 0 Å². The van der Waals surface area contributed by atoms with Gasteiger partial charge in [0.1, 0.15) is 19.0 Å². The molecule has 2 aromatic rings. The average molecular weight is 348 g/mol. The molecule has 0 unspecified atom stereocenters. The molecule has 0 radical (unpaired) electrons. The molecule has 1 heterocycles. The maximum atomic E-state index is 9.70. The number of hydrogen-bond donors (Lipinski definition) is 1. The van der Waals surface area contributed by atoms with Crippen LogP contribution in [0.1, 0.15) is 24.5 Å². The Morgan fingerprint density at radius 2 is 1.92 bits per heavy atom. The maximum Gasteiger partial charge on any atom is 0.161 e. The first-order chi connectivity index (χ1) is 12.6. The van der Waals surface area contributed by atoms with Crippen molar-refractivity contribution in [3.63, 3.8) is 0 Å². The summed E-state index contributed by atoms with van der Waals surface area (Å²) < 4.78 is 11.3. The van der Waals surface area contributed by atoms with Gasteiger partial charge < -0.3 is 14.6 Å². The van der Waals surface area contributed by atoms with E-state index >= 15 is 0 Å². The largest absolute Gasteiger partial charge is 0.508 e. The van der Waals surface area contributed by atoms with Crippen molar-refractivity contribution in [3.05, 3.63) is 77.6 Å². The first kappa shape index (κ1) is 17.9. The lowest BCUT2D eigenvalue weighted by molar-refractivity contribution is 0.171. The Kier molecular flexibility index (Phi) is 5.47. The molecule has 3 heteroatoms. The number of ether oxygens (including phenoxy) is 2. The summed E-state index contributed by atoms with van der Waals surface area (Å²) in [5.74, 6) is 1.67. The molecule has 0 atom stereocenters. The Balaban J connectivity index is 1.95. The molecule has 0 bridgehead atoms. The lowest BCUT2D eigenvalue weighted by Crippen LogP contribution is -2.15. The molecule has 0 fully saturated rings. The van der Waals surface area contributed by atoms with Gasteiger partial charge in [0.25, 0.3) is 0 Å². The number of benzene rings is 2. The molecule has 0 aromatic heterocycles. The zero-order valence-corrected chi connectivity index (χ0v) is 15.3. The Morgan fingerprint density at radius 3 is 2.65 bits per heavy atom. The molecule has 1 aliphatic heterocycles. The molecule has 134 valence electrons. The van der Waals surface area contributed by atoms with E-state index in [2.05, 4.69) is 31.7 Å². The summed E-state index contributed by atoms with van der Waals surface area (Å²) in [6, 6.07) is 12.3. The predicted octanol–water partition coefficient (Wildman–Crippen LogP) is 5.85. The van der Waals surface area contributed by atoms with Crippen LogP contribution in [-0.2, 0) is 0 Å². The second-order valence-electron chi connectivity index (χ2n) is 6.23. The third-order valence-electron chi connectivity index (χ3n) is 4.43. The molecule has 0 aliphatic carbocycles. The van der Waals surface area contributed by atoms with Crippen LogP contribution in [0.2, 0.25) is 0 Å². The smallest absolute Gasteiger partial charge is 0.161 e. The van der Waals surface area contributed by atoms with E-state index in [0.717, 1.165) is 40.2 Å². The topological polar surface area (TPSA) is 38.7 Å². The summed E-state index contributed by atoms with van der Waals surface area (Å²) in [6.45, 7) is 8.93. The Labute approximate surface area is 154 Å². The zero-order chi connectivity index (χ0) is 18.5. The second-order valence-corrected chi connectivity index (χ2v) is 6.23. The van der Waals surface area contributed by atoms with Gasteiger partial charge in [0.05, 0.1) is 0 Å². The van der Waals surface area contributed by atoms with E-state index in [1.807, 2.05) is 43.4 Å². The monoisotopic (exact) mass is 348 g/mol. The molecule has 2 aromatic carbocycles. The van der Waals surface area contributed by atoms with Crippen LogP contribution in [0.3, 0.4) is 0 Å². The molecule has 1 N–H and O–H groups in total. The molecule has 26 heavy (non-hydrogen) atoms. The number of hydrogen-bond acceptors (Lipinski definition) is 3. The first-order valence-corrected chi connectivity index (χ1v) is 8.86. The van der Waals surface area contributed by atoms with Gasteiger partial charge in [0.2, 0.25) is 0 Å². The summed E-state index contributed by atoms with van der Waals surface area (Å²) in [5, 5.41) is 9.70. The number of aliphatic hydroxyl groups excluding tert-OH is 1. The summed E-state index contributed by atoms with van der Waals surface area (Å²) in [4.78, 5) is 0. The minimum absolute atomic E-state index is 0.0868. The van der Waals surface area contributed by atoms with Crippen LogP contribution in [-0.4, -0.2) is 18.3 Å². The molecule has 0 amide bonds. The van der Waals surface area contributed by atoms with E-state index in [9.17, 15) is 5.11 Å². The SMILES string of the molecule is C=C(O)C(=C\CC)/C=C/c1cccc(-c2ccc3c(c2)OCCO3)c1C. The number of aliphatic hydroxyl groups is 1. The minimum Gasteiger partial charge on any atom is -0.508 e. The normalized spacial score (nSPS) is 13.8. The minimum atomic E-state index is 0.0868. The van der Waals surface area contributed by atoms with Gasteiger partial charge in [-0.05, 0) is 47.7 Å². The van der Waals surface area contributed by atoms with Crippen molar-refractivity contribution in [2.24, 2.45) is 0 Å². The van der Waals surface area contributed by atoms with Crippen molar-refractivity contribution in [2.45, 2.75) is 20.3 Å². The van der Waals surface area contributed by atoms with E-state index < -0.39 is 0 Å². The average Bonchev–Trinajstić information content (AvgIpc) is 2.65. The van der Waals surface area contributed by atoms with Crippen LogP contribution >= 0.6 is 0 Å². The van der Waals surface area contributed by atoms with Crippen LogP contribution < -0.4 is 9.47 Å². The third-order valence-corrected chi connectivity index (χ3v) is 4.43. The predicted molar refractivity (Wildman–Crippen MR) is 107 cm³/mol. The highest BCUT2D eigenvalue weighted by Gasteiger charge is 2.13. The lowest BCUT2D eigenvalue weighted by atomic mass is 9.95. The van der Waals surface area contributed by atoms with Gasteiger partial charge in [0, 0.05) is 5.57 Å². The van der Waals surface area contributed by atoms with Crippen molar-refractivity contribution in [2.75, 3.05) is 13.2 Å². The van der Waals surface area contributed by atoms with E-state index in [1.165, 1.54) is 5.56 Å². The van der Waals surface area contributed by atoms with Crippen molar-refractivity contribution >= 4 is 6.08 Å². The molecule has 0 spiro atoms. The Bertz CT molecular complexity index is 875. The summed E-state index contributed by atoms with van der Waals surface area (Å²) in [6.07, 6.45) is 6.72. The lowest BCUT2D eigenvalue weighted by Gasteiger charge is -2.19. The van der Waals surface area contributed by atoms with E-state index in [-0.39, 0.29) is 5.76 Å². The highest BCUT2D eigenvalue weighted by atomic mass is 16.6. The van der Waals surface area contributed by atoms with Gasteiger partial charge in [0.15, 0.2) is 11.5 Å². The van der Waals surface area contributed by atoms with Crippen molar-refractivity contribution in [3.8, 4) is 22.6 Å². The van der Waals surface area contributed by atoms with Crippen molar-refractivity contribution in [1.29, 1.82) is 0 Å². The summed E-state index contributed by atoms with van der Waals surface area (Å²) in [7, 11) is 0. The standard InChI is InChI=1S/C23H24O3/c1-4-6-19(17(3)24)10-9-18-7-5-8-21(16(18)2)20-11-12-22-23(15-20)26-14-13-25-22/h5-12,15,24H,3-4,13-14H2,1-2H3/b10-9+,19-6-. The highest BCUT2D eigenvalue weighted by molar-refractivity contribution is 5.75. The van der Waals surface area contributed by atoms with Crippen LogP contribution in [0.25, 0.3) is 17.2 Å². The molecule has 3 nitrogen and oxygen atoms in total. The molecule has 1 aliphatic rings. The fraction of sp³-hybridized carbons (Fsp3) is 0.217. The van der Waals surface area contributed by atoms with Crippen molar-refractivity contribution in [1.82, 2.24) is 0 Å². The number of allylic oxidation sites excluding steroid dienone is 2. The molecule has 0 saturated carbocycles. The zero-order valence-electron chi connectivity index (χ0n) is 15.3. The number of rotatable bonds is 5. The maximum absolute atomic E-state index is 9.70. The highest BCUT2D eigenvalue weighted by Crippen LogP contribution is 2.36. The molecule has 0 saturated heterocycles. The van der Waals surface area contributed by atoms with E-state index in [4.69, 9.17) is 9.47 Å². The number of fused-ring (bicyclic) bond motifs is 1. The van der Waals surface area contributed by atoms with Gasteiger partial charge in [-0.3, -0.25) is 0 Å². The van der Waals surface area contributed by atoms with Gasteiger partial charge in [-0.25, -0.2) is 0 Å². The van der Waals surface area contributed by atoms with Gasteiger partial charge in [-0.2, -0.15) is 0 Å². The molecular formula is C23H24O3. The summed E-state index contributed by atoms with van der Waals surface area (Å²) >= 11 is 0. The molecule has 3 rings (SSSR count). The van der Waals surface area contributed by atoms with Crippen LogP contribution in [0.5, 0.6) is 11.5 Å². The van der Waals surface area contributed by atoms with Crippen LogP contribution in [0.15, 0.2) is 66.5 Å². The fourth-order valence-corrected chi connectivity index (χ4v) is 3.04. The Morgan fingerprint density at radius 1 is 1.15 bits per heavy atom. The van der Waals surface area contributed by atoms with Crippen LogP contribution in [0, 0.1) is 6.92 Å². The quantitative estimate of drug-likeness (QED) is 0.544. The van der Waals surface area contributed by atoms with Gasteiger partial charge in [-0.15, -0.1) is 0 Å². The second kappa shape index (κ2) is 7.96. The van der Waals surface area contributed by atoms with Crippen molar-refractivity contribution < 1.29 is 14.6 Å². The van der Waals surface area contributed by atoms with E-state index in [1.54, 1.807) is 0 Å². The van der Waals surface area contributed by atoms with E-state index in [0.29, 0.717) is 13.2 Å². The third kappa shape index (κ3) is 3.83.